The van der Waals surface area contributed by atoms with E-state index in [1.807, 2.05) is 56.7 Å². The number of hydrogen-bond acceptors (Lipinski definition) is 4. The number of benzene rings is 1. The van der Waals surface area contributed by atoms with Crippen molar-refractivity contribution in [1.82, 2.24) is 9.55 Å². The zero-order chi connectivity index (χ0) is 16.6. The van der Waals surface area contributed by atoms with Gasteiger partial charge in [-0.3, -0.25) is 9.36 Å². The van der Waals surface area contributed by atoms with Crippen LogP contribution in [-0.2, 0) is 16.6 Å². The van der Waals surface area contributed by atoms with Crippen LogP contribution >= 0.6 is 0 Å². The Morgan fingerprint density at radius 2 is 2.00 bits per heavy atom. The predicted molar refractivity (Wildman–Crippen MR) is 88.3 cm³/mol. The zero-order valence-corrected chi connectivity index (χ0v) is 14.2. The molecule has 0 aliphatic heterocycles. The molecule has 1 heterocycles. The number of ether oxygens (including phenoxy) is 2. The molecule has 0 unspecified atom stereocenters. The summed E-state index contributed by atoms with van der Waals surface area (Å²) in [4.78, 5) is 16.3. The van der Waals surface area contributed by atoms with Crippen LogP contribution < -0.4 is 4.74 Å². The first-order chi connectivity index (χ1) is 10.8. The van der Waals surface area contributed by atoms with Gasteiger partial charge in [0.15, 0.2) is 0 Å². The second-order valence-corrected chi connectivity index (χ2v) is 7.31. The van der Waals surface area contributed by atoms with Crippen LogP contribution in [0.5, 0.6) is 6.01 Å². The Morgan fingerprint density at radius 3 is 2.65 bits per heavy atom. The molecule has 5 heteroatoms. The van der Waals surface area contributed by atoms with Crippen molar-refractivity contribution >= 4 is 17.0 Å². The number of aromatic nitrogens is 2. The van der Waals surface area contributed by atoms with E-state index in [9.17, 15) is 4.79 Å². The van der Waals surface area contributed by atoms with Crippen molar-refractivity contribution < 1.29 is 14.3 Å². The maximum absolute atomic E-state index is 11.8. The predicted octanol–water partition coefficient (Wildman–Crippen LogP) is 3.46. The average Bonchev–Trinajstić information content (AvgIpc) is 2.71. The molecule has 1 fully saturated rings. The van der Waals surface area contributed by atoms with E-state index in [1.54, 1.807) is 0 Å². The van der Waals surface area contributed by atoms with Gasteiger partial charge in [0.1, 0.15) is 11.7 Å². The number of para-hydroxylation sites is 2. The van der Waals surface area contributed by atoms with Crippen molar-refractivity contribution in [3.8, 4) is 6.01 Å². The third kappa shape index (κ3) is 3.66. The van der Waals surface area contributed by atoms with E-state index in [4.69, 9.17) is 9.47 Å². The minimum absolute atomic E-state index is 0.122. The first-order valence-electron chi connectivity index (χ1n) is 8.12. The van der Waals surface area contributed by atoms with E-state index in [0.717, 1.165) is 23.9 Å². The van der Waals surface area contributed by atoms with Gasteiger partial charge < -0.3 is 9.47 Å². The summed E-state index contributed by atoms with van der Waals surface area (Å²) in [6.45, 7) is 5.68. The van der Waals surface area contributed by atoms with E-state index in [2.05, 4.69) is 4.98 Å². The number of imidazole rings is 1. The lowest BCUT2D eigenvalue weighted by molar-refractivity contribution is -0.157. The highest BCUT2D eigenvalue weighted by atomic mass is 16.6. The average molecular weight is 316 g/mol. The molecule has 1 aromatic heterocycles. The topological polar surface area (TPSA) is 53.4 Å². The standard InChI is InChI=1S/C18H24N2O3/c1-18(2,3)23-16(21)11-12-9-13(10-12)22-17-19-14-7-5-6-8-15(14)20(17)4/h5-8,12-13H,9-11H2,1-4H3. The summed E-state index contributed by atoms with van der Waals surface area (Å²) in [6.07, 6.45) is 2.36. The van der Waals surface area contributed by atoms with Gasteiger partial charge >= 0.3 is 5.97 Å². The van der Waals surface area contributed by atoms with Crippen molar-refractivity contribution in [3.05, 3.63) is 24.3 Å². The highest BCUT2D eigenvalue weighted by molar-refractivity contribution is 5.76. The first kappa shape index (κ1) is 15.8. The summed E-state index contributed by atoms with van der Waals surface area (Å²) in [5, 5.41) is 0. The van der Waals surface area contributed by atoms with E-state index in [1.165, 1.54) is 0 Å². The van der Waals surface area contributed by atoms with Gasteiger partial charge in [0.25, 0.3) is 6.01 Å². The smallest absolute Gasteiger partial charge is 0.306 e. The summed E-state index contributed by atoms with van der Waals surface area (Å²) < 4.78 is 13.3. The van der Waals surface area contributed by atoms with Gasteiger partial charge in [0, 0.05) is 13.5 Å². The van der Waals surface area contributed by atoms with E-state index < -0.39 is 5.60 Å². The Hall–Kier alpha value is -2.04. The Balaban J connectivity index is 1.52. The van der Waals surface area contributed by atoms with E-state index in [-0.39, 0.29) is 12.1 Å². The van der Waals surface area contributed by atoms with Crippen LogP contribution in [0.1, 0.15) is 40.0 Å². The molecule has 1 aliphatic rings. The van der Waals surface area contributed by atoms with E-state index >= 15 is 0 Å². The number of hydrogen-bond donors (Lipinski definition) is 0. The molecule has 23 heavy (non-hydrogen) atoms. The normalized spacial score (nSPS) is 21.0. The fraction of sp³-hybridized carbons (Fsp3) is 0.556. The first-order valence-corrected chi connectivity index (χ1v) is 8.12. The highest BCUT2D eigenvalue weighted by Gasteiger charge is 2.34. The van der Waals surface area contributed by atoms with Gasteiger partial charge in [0.05, 0.1) is 11.0 Å². The molecule has 0 spiro atoms. The Labute approximate surface area is 136 Å². The lowest BCUT2D eigenvalue weighted by Crippen LogP contribution is -2.36. The molecule has 124 valence electrons. The number of aryl methyl sites for hydroxylation is 1. The van der Waals surface area contributed by atoms with Crippen LogP contribution in [0, 0.1) is 5.92 Å². The van der Waals surface area contributed by atoms with Crippen molar-refractivity contribution in [1.29, 1.82) is 0 Å². The maximum Gasteiger partial charge on any atom is 0.306 e. The molecule has 2 aromatic rings. The van der Waals surface area contributed by atoms with Gasteiger partial charge in [-0.15, -0.1) is 0 Å². The van der Waals surface area contributed by atoms with Gasteiger partial charge in [-0.1, -0.05) is 12.1 Å². The molecule has 1 saturated carbocycles. The van der Waals surface area contributed by atoms with Crippen molar-refractivity contribution in [2.24, 2.45) is 13.0 Å². The summed E-state index contributed by atoms with van der Waals surface area (Å²) in [5.41, 5.74) is 1.59. The number of fused-ring (bicyclic) bond motifs is 1. The Bertz CT molecular complexity index is 709. The number of rotatable bonds is 4. The molecular formula is C18H24N2O3. The fourth-order valence-electron chi connectivity index (χ4n) is 2.93. The monoisotopic (exact) mass is 316 g/mol. The number of carbonyl (C=O) groups is 1. The van der Waals surface area contributed by atoms with Crippen LogP contribution in [0.25, 0.3) is 11.0 Å². The Kier molecular flexibility index (Phi) is 4.04. The second kappa shape index (κ2) is 5.87. The third-order valence-corrected chi connectivity index (χ3v) is 4.09. The summed E-state index contributed by atoms with van der Waals surface area (Å²) >= 11 is 0. The van der Waals surface area contributed by atoms with E-state index in [0.29, 0.717) is 18.3 Å². The van der Waals surface area contributed by atoms with Crippen molar-refractivity contribution in [2.45, 2.75) is 51.7 Å². The highest BCUT2D eigenvalue weighted by Crippen LogP contribution is 2.34. The van der Waals surface area contributed by atoms with Crippen molar-refractivity contribution in [3.63, 3.8) is 0 Å². The van der Waals surface area contributed by atoms with Gasteiger partial charge in [-0.2, -0.15) is 4.98 Å². The van der Waals surface area contributed by atoms with Gasteiger partial charge in [-0.25, -0.2) is 0 Å². The van der Waals surface area contributed by atoms with Crippen LogP contribution in [-0.4, -0.2) is 27.2 Å². The molecule has 0 bridgehead atoms. The molecule has 0 radical (unpaired) electrons. The summed E-state index contributed by atoms with van der Waals surface area (Å²) in [6, 6.07) is 8.62. The third-order valence-electron chi connectivity index (χ3n) is 4.09. The summed E-state index contributed by atoms with van der Waals surface area (Å²) in [5.74, 6) is 0.230. The Morgan fingerprint density at radius 1 is 1.30 bits per heavy atom. The molecule has 1 aromatic carbocycles. The quantitative estimate of drug-likeness (QED) is 0.811. The molecule has 3 rings (SSSR count). The minimum atomic E-state index is -0.413. The van der Waals surface area contributed by atoms with Crippen LogP contribution in [0.3, 0.4) is 0 Å². The SMILES string of the molecule is Cn1c(OC2CC(CC(=O)OC(C)(C)C)C2)nc2ccccc21. The molecule has 0 atom stereocenters. The lowest BCUT2D eigenvalue weighted by Gasteiger charge is -2.34. The second-order valence-electron chi connectivity index (χ2n) is 7.31. The molecular weight excluding hydrogens is 292 g/mol. The summed E-state index contributed by atoms with van der Waals surface area (Å²) in [7, 11) is 1.96. The number of carbonyl (C=O) groups excluding carboxylic acids is 1. The fourth-order valence-corrected chi connectivity index (χ4v) is 2.93. The van der Waals surface area contributed by atoms with Crippen LogP contribution in [0.2, 0.25) is 0 Å². The molecule has 0 N–H and O–H groups in total. The number of nitrogens with zero attached hydrogens (tertiary/aromatic N) is 2. The number of esters is 1. The molecule has 1 aliphatic carbocycles. The lowest BCUT2D eigenvalue weighted by atomic mass is 9.80. The largest absolute Gasteiger partial charge is 0.461 e. The van der Waals surface area contributed by atoms with Gasteiger partial charge in [-0.05, 0) is 51.7 Å². The van der Waals surface area contributed by atoms with Gasteiger partial charge in [0.2, 0.25) is 0 Å². The maximum atomic E-state index is 11.8. The molecule has 0 saturated heterocycles. The molecule has 0 amide bonds. The molecule has 5 nitrogen and oxygen atoms in total. The zero-order valence-electron chi connectivity index (χ0n) is 14.2. The van der Waals surface area contributed by atoms with Crippen LogP contribution in [0.15, 0.2) is 24.3 Å². The van der Waals surface area contributed by atoms with Crippen molar-refractivity contribution in [2.75, 3.05) is 0 Å². The van der Waals surface area contributed by atoms with Crippen LogP contribution in [0.4, 0.5) is 0 Å². The minimum Gasteiger partial charge on any atom is -0.461 e.